The summed E-state index contributed by atoms with van der Waals surface area (Å²) in [6.07, 6.45) is 0. The first-order chi connectivity index (χ1) is 6.15. The molecule has 72 valence electrons. The smallest absolute Gasteiger partial charge is 0.128 e. The lowest BCUT2D eigenvalue weighted by molar-refractivity contribution is 0.126. The minimum Gasteiger partial charge on any atom is -0.304 e. The van der Waals surface area contributed by atoms with Crippen LogP contribution in [-0.4, -0.2) is 6.61 Å². The number of hydrogen-bond donors (Lipinski definition) is 1. The molecule has 0 bridgehead atoms. The quantitative estimate of drug-likeness (QED) is 0.766. The van der Waals surface area contributed by atoms with E-state index in [1.165, 1.54) is 6.07 Å². The van der Waals surface area contributed by atoms with E-state index in [4.69, 9.17) is 17.5 Å². The third-order valence-corrected chi connectivity index (χ3v) is 2.07. The normalized spacial score (nSPS) is 12.9. The molecule has 1 aromatic carbocycles. The van der Waals surface area contributed by atoms with Crippen LogP contribution in [0, 0.1) is 5.82 Å². The Bertz CT molecular complexity index is 293. The summed E-state index contributed by atoms with van der Waals surface area (Å²) >= 11 is 5.60. The van der Waals surface area contributed by atoms with Crippen molar-refractivity contribution in [2.45, 2.75) is 12.8 Å². The number of halogens is 2. The molecule has 2 nitrogen and oxygen atoms in total. The van der Waals surface area contributed by atoms with Crippen molar-refractivity contribution < 1.29 is 9.23 Å². The standard InChI is InChI=1S/C9H11ClFNO/c1-6(5-13-12)8-3-2-7(10)4-9(8)11/h2-4,6H,5,12H2,1H3. The van der Waals surface area contributed by atoms with Gasteiger partial charge in [-0.25, -0.2) is 10.3 Å². The Balaban J connectivity index is 2.88. The lowest BCUT2D eigenvalue weighted by atomic mass is 10.0. The summed E-state index contributed by atoms with van der Waals surface area (Å²) in [7, 11) is 0. The van der Waals surface area contributed by atoms with Crippen LogP contribution in [0.3, 0.4) is 0 Å². The molecule has 0 saturated heterocycles. The van der Waals surface area contributed by atoms with Crippen LogP contribution in [0.15, 0.2) is 18.2 Å². The highest BCUT2D eigenvalue weighted by molar-refractivity contribution is 6.30. The lowest BCUT2D eigenvalue weighted by Gasteiger charge is -2.10. The van der Waals surface area contributed by atoms with Gasteiger partial charge in [-0.15, -0.1) is 0 Å². The molecule has 0 aliphatic rings. The Morgan fingerprint density at radius 3 is 2.85 bits per heavy atom. The van der Waals surface area contributed by atoms with E-state index in [0.29, 0.717) is 17.2 Å². The Morgan fingerprint density at radius 1 is 1.62 bits per heavy atom. The third kappa shape index (κ3) is 2.66. The molecular formula is C9H11ClFNO. The first kappa shape index (κ1) is 10.4. The maximum Gasteiger partial charge on any atom is 0.128 e. The predicted molar refractivity (Wildman–Crippen MR) is 50.0 cm³/mol. The highest BCUT2D eigenvalue weighted by Gasteiger charge is 2.10. The van der Waals surface area contributed by atoms with Crippen LogP contribution in [0.4, 0.5) is 4.39 Å². The van der Waals surface area contributed by atoms with Gasteiger partial charge < -0.3 is 4.84 Å². The maximum atomic E-state index is 13.2. The van der Waals surface area contributed by atoms with E-state index in [1.54, 1.807) is 12.1 Å². The molecule has 0 aliphatic carbocycles. The van der Waals surface area contributed by atoms with Crippen molar-refractivity contribution in [2.75, 3.05) is 6.61 Å². The molecule has 0 fully saturated rings. The Morgan fingerprint density at radius 2 is 2.31 bits per heavy atom. The molecule has 1 rings (SSSR count). The van der Waals surface area contributed by atoms with E-state index in [-0.39, 0.29) is 11.7 Å². The predicted octanol–water partition coefficient (Wildman–Crippen LogP) is 2.47. The molecule has 1 atom stereocenters. The molecular weight excluding hydrogens is 193 g/mol. The largest absolute Gasteiger partial charge is 0.304 e. The zero-order valence-electron chi connectivity index (χ0n) is 7.26. The average molecular weight is 204 g/mol. The monoisotopic (exact) mass is 203 g/mol. The van der Waals surface area contributed by atoms with Crippen molar-refractivity contribution >= 4 is 11.6 Å². The summed E-state index contributed by atoms with van der Waals surface area (Å²) < 4.78 is 13.2. The van der Waals surface area contributed by atoms with Gasteiger partial charge in [-0.05, 0) is 17.7 Å². The molecule has 4 heteroatoms. The fraction of sp³-hybridized carbons (Fsp3) is 0.333. The van der Waals surface area contributed by atoms with E-state index < -0.39 is 0 Å². The Labute approximate surface area is 81.4 Å². The molecule has 1 aromatic rings. The molecule has 0 radical (unpaired) electrons. The topological polar surface area (TPSA) is 35.2 Å². The number of nitrogens with two attached hydrogens (primary N) is 1. The van der Waals surface area contributed by atoms with Gasteiger partial charge in [-0.2, -0.15) is 0 Å². The summed E-state index contributed by atoms with van der Waals surface area (Å²) in [5.41, 5.74) is 0.565. The maximum absolute atomic E-state index is 13.2. The van der Waals surface area contributed by atoms with Crippen LogP contribution in [0.25, 0.3) is 0 Å². The van der Waals surface area contributed by atoms with Gasteiger partial charge in [0.25, 0.3) is 0 Å². The van der Waals surface area contributed by atoms with Crippen LogP contribution in [-0.2, 0) is 4.84 Å². The zero-order valence-corrected chi connectivity index (χ0v) is 8.01. The van der Waals surface area contributed by atoms with E-state index >= 15 is 0 Å². The van der Waals surface area contributed by atoms with Crippen molar-refractivity contribution in [3.63, 3.8) is 0 Å². The van der Waals surface area contributed by atoms with Crippen molar-refractivity contribution in [1.82, 2.24) is 0 Å². The van der Waals surface area contributed by atoms with Crippen molar-refractivity contribution in [2.24, 2.45) is 5.90 Å². The molecule has 13 heavy (non-hydrogen) atoms. The van der Waals surface area contributed by atoms with E-state index in [9.17, 15) is 4.39 Å². The van der Waals surface area contributed by atoms with Crippen LogP contribution in [0.1, 0.15) is 18.4 Å². The molecule has 0 aromatic heterocycles. The van der Waals surface area contributed by atoms with Crippen molar-refractivity contribution in [1.29, 1.82) is 0 Å². The Kier molecular flexibility index (Phi) is 3.66. The summed E-state index contributed by atoms with van der Waals surface area (Å²) in [6.45, 7) is 2.12. The fourth-order valence-electron chi connectivity index (χ4n) is 1.14. The van der Waals surface area contributed by atoms with E-state index in [0.717, 1.165) is 0 Å². The van der Waals surface area contributed by atoms with Gasteiger partial charge in [0.05, 0.1) is 6.61 Å². The summed E-state index contributed by atoms with van der Waals surface area (Å²) in [5.74, 6) is 4.51. The van der Waals surface area contributed by atoms with Crippen LogP contribution in [0.2, 0.25) is 5.02 Å². The minimum absolute atomic E-state index is 0.0673. The van der Waals surface area contributed by atoms with Crippen LogP contribution < -0.4 is 5.90 Å². The fourth-order valence-corrected chi connectivity index (χ4v) is 1.29. The Hall–Kier alpha value is -0.640. The molecule has 0 heterocycles. The van der Waals surface area contributed by atoms with Crippen LogP contribution >= 0.6 is 11.6 Å². The molecule has 0 aliphatic heterocycles. The second-order valence-corrected chi connectivity index (χ2v) is 3.34. The van der Waals surface area contributed by atoms with Gasteiger partial charge in [0.1, 0.15) is 5.82 Å². The number of hydrogen-bond acceptors (Lipinski definition) is 2. The highest BCUT2D eigenvalue weighted by atomic mass is 35.5. The third-order valence-electron chi connectivity index (χ3n) is 1.84. The van der Waals surface area contributed by atoms with E-state index in [1.807, 2.05) is 6.92 Å². The minimum atomic E-state index is -0.322. The van der Waals surface area contributed by atoms with Crippen molar-refractivity contribution in [3.8, 4) is 0 Å². The molecule has 1 unspecified atom stereocenters. The summed E-state index contributed by atoms with van der Waals surface area (Å²) in [5, 5.41) is 0.391. The second kappa shape index (κ2) is 4.56. The second-order valence-electron chi connectivity index (χ2n) is 2.90. The van der Waals surface area contributed by atoms with Gasteiger partial charge in [0, 0.05) is 10.9 Å². The average Bonchev–Trinajstić information content (AvgIpc) is 2.04. The van der Waals surface area contributed by atoms with Gasteiger partial charge in [-0.1, -0.05) is 24.6 Å². The SMILES string of the molecule is CC(CON)c1ccc(Cl)cc1F. The highest BCUT2D eigenvalue weighted by Crippen LogP contribution is 2.21. The van der Waals surface area contributed by atoms with Crippen molar-refractivity contribution in [3.05, 3.63) is 34.6 Å². The molecule has 0 spiro atoms. The first-order valence-electron chi connectivity index (χ1n) is 3.91. The van der Waals surface area contributed by atoms with Gasteiger partial charge >= 0.3 is 0 Å². The lowest BCUT2D eigenvalue weighted by Crippen LogP contribution is -2.09. The van der Waals surface area contributed by atoms with Gasteiger partial charge in [0.15, 0.2) is 0 Å². The first-order valence-corrected chi connectivity index (χ1v) is 4.29. The van der Waals surface area contributed by atoms with Gasteiger partial charge in [0.2, 0.25) is 0 Å². The zero-order chi connectivity index (χ0) is 9.84. The molecule has 0 saturated carbocycles. The van der Waals surface area contributed by atoms with Gasteiger partial charge in [-0.3, -0.25) is 0 Å². The summed E-state index contributed by atoms with van der Waals surface area (Å²) in [6, 6.07) is 4.57. The molecule has 0 amide bonds. The number of benzene rings is 1. The molecule has 2 N–H and O–H groups in total. The summed E-state index contributed by atoms with van der Waals surface area (Å²) in [4.78, 5) is 4.44. The van der Waals surface area contributed by atoms with E-state index in [2.05, 4.69) is 4.84 Å². The van der Waals surface area contributed by atoms with Crippen LogP contribution in [0.5, 0.6) is 0 Å². The number of rotatable bonds is 3.